The van der Waals surface area contributed by atoms with Gasteiger partial charge < -0.3 is 9.32 Å². The Kier molecular flexibility index (Phi) is 4.15. The van der Waals surface area contributed by atoms with Crippen LogP contribution in [0.5, 0.6) is 0 Å². The van der Waals surface area contributed by atoms with Crippen LogP contribution in [0.25, 0.3) is 0 Å². The number of nitrogens with two attached hydrogens (primary N) is 1. The number of nitrogens with zero attached hydrogens (tertiary/aromatic N) is 1. The maximum absolute atomic E-state index is 12.3. The van der Waals surface area contributed by atoms with Crippen molar-refractivity contribution >= 4 is 15.9 Å². The predicted octanol–water partition coefficient (Wildman–Crippen LogP) is 1.51. The van der Waals surface area contributed by atoms with E-state index in [9.17, 15) is 13.2 Å². The Morgan fingerprint density at radius 1 is 1.29 bits per heavy atom. The minimum Gasteiger partial charge on any atom is -0.448 e. The molecule has 0 aliphatic carbocycles. The first kappa shape index (κ1) is 15.3. The highest BCUT2D eigenvalue weighted by molar-refractivity contribution is 7.89. The van der Waals surface area contributed by atoms with Crippen molar-refractivity contribution in [3.05, 3.63) is 53.3 Å². The van der Waals surface area contributed by atoms with Crippen molar-refractivity contribution in [3.63, 3.8) is 0 Å². The van der Waals surface area contributed by atoms with Crippen molar-refractivity contribution in [3.8, 4) is 0 Å². The van der Waals surface area contributed by atoms with Gasteiger partial charge in [0.05, 0.1) is 5.56 Å². The third-order valence-electron chi connectivity index (χ3n) is 3.02. The highest BCUT2D eigenvalue weighted by Gasteiger charge is 2.23. The van der Waals surface area contributed by atoms with E-state index in [0.717, 1.165) is 11.6 Å². The summed E-state index contributed by atoms with van der Waals surface area (Å²) in [7, 11) is -2.32. The fourth-order valence-corrected chi connectivity index (χ4v) is 2.47. The molecule has 0 atom stereocenters. The number of hydrogen-bond donors (Lipinski definition) is 1. The lowest BCUT2D eigenvalue weighted by Crippen LogP contribution is -2.26. The molecular weight excluding hydrogens is 292 g/mol. The molecule has 0 fully saturated rings. The van der Waals surface area contributed by atoms with Gasteiger partial charge in [0.2, 0.25) is 5.09 Å². The average Bonchev–Trinajstić information content (AvgIpc) is 2.81. The normalized spacial score (nSPS) is 11.4. The number of rotatable bonds is 4. The zero-order valence-corrected chi connectivity index (χ0v) is 12.6. The molecule has 1 aromatic carbocycles. The van der Waals surface area contributed by atoms with Gasteiger partial charge >= 0.3 is 0 Å². The summed E-state index contributed by atoms with van der Waals surface area (Å²) >= 11 is 0. The number of carbonyl (C=O) groups is 1. The molecule has 0 unspecified atom stereocenters. The summed E-state index contributed by atoms with van der Waals surface area (Å²) in [6, 6.07) is 10.6. The van der Waals surface area contributed by atoms with Crippen LogP contribution in [0.3, 0.4) is 0 Å². The second kappa shape index (κ2) is 5.71. The van der Waals surface area contributed by atoms with E-state index in [2.05, 4.69) is 0 Å². The highest BCUT2D eigenvalue weighted by atomic mass is 32.2. The molecule has 0 spiro atoms. The molecule has 1 aromatic heterocycles. The number of primary sulfonamides is 1. The fraction of sp³-hybridized carbons (Fsp3) is 0.214. The lowest BCUT2D eigenvalue weighted by atomic mass is 10.2. The zero-order valence-electron chi connectivity index (χ0n) is 11.7. The van der Waals surface area contributed by atoms with Crippen LogP contribution in [0, 0.1) is 6.92 Å². The highest BCUT2D eigenvalue weighted by Crippen LogP contribution is 2.20. The minimum absolute atomic E-state index is 0.192. The van der Waals surface area contributed by atoms with Crippen molar-refractivity contribution in [2.24, 2.45) is 5.14 Å². The first-order valence-electron chi connectivity index (χ1n) is 6.21. The Morgan fingerprint density at radius 2 is 1.90 bits per heavy atom. The van der Waals surface area contributed by atoms with Crippen LogP contribution >= 0.6 is 0 Å². The summed E-state index contributed by atoms with van der Waals surface area (Å²) in [5.41, 5.74) is 1.17. The summed E-state index contributed by atoms with van der Waals surface area (Å²) in [5, 5.41) is 4.59. The SMILES string of the molecule is Cc1oc(S(N)(=O)=O)cc1C(=O)N(C)Cc1ccccc1. The standard InChI is InChI=1S/C14H16N2O4S/c1-10-12(8-13(20-10)21(15,18)19)14(17)16(2)9-11-6-4-3-5-7-11/h3-8H,9H2,1-2H3,(H2,15,18,19). The zero-order chi connectivity index (χ0) is 15.6. The third kappa shape index (κ3) is 3.50. The Hall–Kier alpha value is -2.12. The molecule has 1 heterocycles. The average molecular weight is 308 g/mol. The van der Waals surface area contributed by atoms with Gasteiger partial charge in [-0.2, -0.15) is 0 Å². The molecule has 1 amide bonds. The van der Waals surface area contributed by atoms with Crippen molar-refractivity contribution in [1.82, 2.24) is 4.90 Å². The van der Waals surface area contributed by atoms with E-state index in [1.807, 2.05) is 30.3 Å². The number of benzene rings is 1. The van der Waals surface area contributed by atoms with Gasteiger partial charge in [-0.25, -0.2) is 13.6 Å². The second-order valence-electron chi connectivity index (χ2n) is 4.73. The lowest BCUT2D eigenvalue weighted by Gasteiger charge is -2.16. The molecule has 2 N–H and O–H groups in total. The number of furan rings is 1. The van der Waals surface area contributed by atoms with Gasteiger partial charge in [0.25, 0.3) is 15.9 Å². The van der Waals surface area contributed by atoms with Crippen molar-refractivity contribution in [2.45, 2.75) is 18.6 Å². The van der Waals surface area contributed by atoms with Crippen LogP contribution in [0.4, 0.5) is 0 Å². The maximum atomic E-state index is 12.3. The molecular formula is C14H16N2O4S. The molecule has 0 saturated heterocycles. The summed E-state index contributed by atoms with van der Waals surface area (Å²) in [5.74, 6) is -0.0982. The van der Waals surface area contributed by atoms with Gasteiger partial charge in [0, 0.05) is 19.7 Å². The third-order valence-corrected chi connectivity index (χ3v) is 3.78. The van der Waals surface area contributed by atoms with E-state index in [1.54, 1.807) is 7.05 Å². The molecule has 0 aliphatic rings. The number of hydrogen-bond acceptors (Lipinski definition) is 4. The van der Waals surface area contributed by atoms with Gasteiger partial charge in [0.15, 0.2) is 0 Å². The smallest absolute Gasteiger partial charge is 0.271 e. The molecule has 0 bridgehead atoms. The molecule has 6 nitrogen and oxygen atoms in total. The number of carbonyl (C=O) groups excluding carboxylic acids is 1. The molecule has 0 saturated carbocycles. The van der Waals surface area contributed by atoms with Gasteiger partial charge in [-0.1, -0.05) is 30.3 Å². The van der Waals surface area contributed by atoms with E-state index >= 15 is 0 Å². The predicted molar refractivity (Wildman–Crippen MR) is 77.1 cm³/mol. The largest absolute Gasteiger partial charge is 0.448 e. The van der Waals surface area contributed by atoms with Gasteiger partial charge in [0.1, 0.15) is 5.76 Å². The molecule has 2 aromatic rings. The molecule has 0 radical (unpaired) electrons. The fourth-order valence-electron chi connectivity index (χ4n) is 1.94. The van der Waals surface area contributed by atoms with Crippen molar-refractivity contribution in [1.29, 1.82) is 0 Å². The minimum atomic E-state index is -3.96. The van der Waals surface area contributed by atoms with Crippen LogP contribution in [-0.2, 0) is 16.6 Å². The Bertz CT molecular complexity index is 751. The molecule has 21 heavy (non-hydrogen) atoms. The maximum Gasteiger partial charge on any atom is 0.271 e. The summed E-state index contributed by atoms with van der Waals surface area (Å²) in [6.45, 7) is 1.94. The lowest BCUT2D eigenvalue weighted by molar-refractivity contribution is 0.0783. The van der Waals surface area contributed by atoms with Crippen LogP contribution in [0.1, 0.15) is 21.7 Å². The van der Waals surface area contributed by atoms with Crippen LogP contribution in [0.2, 0.25) is 0 Å². The first-order valence-corrected chi connectivity index (χ1v) is 7.76. The van der Waals surface area contributed by atoms with Crippen LogP contribution < -0.4 is 5.14 Å². The van der Waals surface area contributed by atoms with Gasteiger partial charge in [-0.05, 0) is 12.5 Å². The van der Waals surface area contributed by atoms with Crippen LogP contribution in [0.15, 0.2) is 45.9 Å². The van der Waals surface area contributed by atoms with E-state index in [0.29, 0.717) is 6.54 Å². The number of sulfonamides is 1. The van der Waals surface area contributed by atoms with Gasteiger partial charge in [-0.15, -0.1) is 0 Å². The summed E-state index contributed by atoms with van der Waals surface area (Å²) < 4.78 is 27.5. The molecule has 7 heteroatoms. The first-order chi connectivity index (χ1) is 9.79. The van der Waals surface area contributed by atoms with Crippen molar-refractivity contribution < 1.29 is 17.6 Å². The molecule has 0 aliphatic heterocycles. The Labute approximate surface area is 123 Å². The van der Waals surface area contributed by atoms with E-state index in [-0.39, 0.29) is 17.2 Å². The van der Waals surface area contributed by atoms with Gasteiger partial charge in [-0.3, -0.25) is 4.79 Å². The summed E-state index contributed by atoms with van der Waals surface area (Å²) in [4.78, 5) is 13.8. The monoisotopic (exact) mass is 308 g/mol. The number of aryl methyl sites for hydroxylation is 1. The molecule has 112 valence electrons. The van der Waals surface area contributed by atoms with E-state index in [4.69, 9.17) is 9.56 Å². The molecule has 2 rings (SSSR count). The quantitative estimate of drug-likeness (QED) is 0.926. The van der Waals surface area contributed by atoms with E-state index in [1.165, 1.54) is 11.8 Å². The number of amides is 1. The second-order valence-corrected chi connectivity index (χ2v) is 6.22. The Balaban J connectivity index is 2.22. The van der Waals surface area contributed by atoms with Crippen LogP contribution in [-0.4, -0.2) is 26.3 Å². The topological polar surface area (TPSA) is 93.6 Å². The van der Waals surface area contributed by atoms with Crippen molar-refractivity contribution in [2.75, 3.05) is 7.05 Å². The van der Waals surface area contributed by atoms with E-state index < -0.39 is 15.1 Å². The summed E-state index contributed by atoms with van der Waals surface area (Å²) in [6.07, 6.45) is 0. The Morgan fingerprint density at radius 3 is 2.43 bits per heavy atom.